The average molecular weight is 576 g/mol. The van der Waals surface area contributed by atoms with Gasteiger partial charge in [0.1, 0.15) is 12.4 Å². The number of carbonyl (C=O) groups is 2. The lowest BCUT2D eigenvalue weighted by atomic mass is 9.96. The summed E-state index contributed by atoms with van der Waals surface area (Å²) in [5.74, 6) is -0.0825. The van der Waals surface area contributed by atoms with E-state index >= 15 is 0 Å². The van der Waals surface area contributed by atoms with Gasteiger partial charge in [0.05, 0.1) is 15.8 Å². The normalized spacial score (nSPS) is 14.4. The summed E-state index contributed by atoms with van der Waals surface area (Å²) >= 11 is 3.33. The fourth-order valence-electron chi connectivity index (χ4n) is 4.19. The lowest BCUT2D eigenvalue weighted by Gasteiger charge is -2.22. The Labute approximate surface area is 216 Å². The monoisotopic (exact) mass is 575 g/mol. The number of sulfonamides is 1. The van der Waals surface area contributed by atoms with E-state index in [0.717, 1.165) is 36.6 Å². The molecule has 3 aromatic rings. The Hall–Kier alpha value is -3.25. The summed E-state index contributed by atoms with van der Waals surface area (Å²) in [7, 11) is -4.07. The number of nitrogens with one attached hydrogen (secondary N) is 3. The van der Waals surface area contributed by atoms with Crippen molar-refractivity contribution in [1.29, 1.82) is 0 Å². The van der Waals surface area contributed by atoms with Crippen LogP contribution in [0.1, 0.15) is 37.9 Å². The molecule has 0 saturated heterocycles. The predicted molar refractivity (Wildman–Crippen MR) is 139 cm³/mol. The van der Waals surface area contributed by atoms with E-state index < -0.39 is 22.0 Å². The summed E-state index contributed by atoms with van der Waals surface area (Å²) in [4.78, 5) is 41.9. The molecule has 1 fully saturated rings. The van der Waals surface area contributed by atoms with Gasteiger partial charge in [0.2, 0.25) is 5.91 Å². The lowest BCUT2D eigenvalue weighted by Crippen LogP contribution is -2.45. The molecular weight excluding hydrogens is 550 g/mol. The number of hydrogen-bond acceptors (Lipinski definition) is 6. The van der Waals surface area contributed by atoms with E-state index in [9.17, 15) is 22.8 Å². The number of aryl methyl sites for hydroxylation is 1. The van der Waals surface area contributed by atoms with Crippen LogP contribution in [-0.4, -0.2) is 35.9 Å². The number of aromatic nitrogens is 2. The number of amides is 3. The molecule has 1 aliphatic carbocycles. The molecule has 0 atom stereocenters. The van der Waals surface area contributed by atoms with Crippen molar-refractivity contribution in [2.45, 2.75) is 56.5 Å². The van der Waals surface area contributed by atoms with Gasteiger partial charge >= 0.3 is 6.03 Å². The fraction of sp³-hybridized carbons (Fsp3) is 0.333. The molecule has 3 N–H and O–H groups in total. The second-order valence-electron chi connectivity index (χ2n) is 8.70. The standard InChI is InChI=1S/C24H26BrN5O5S/c1-15-26-21-12-7-16(25)13-20(21)23(32)30(15)14-22(31)27-18-8-10-19(11-9-18)36(34,35)29-24(33)28-17-5-3-2-4-6-17/h7-13,17H,2-6,14H2,1H3,(H,27,31)(H2,28,29,33). The fourth-order valence-corrected chi connectivity index (χ4v) is 5.47. The van der Waals surface area contributed by atoms with E-state index in [1.165, 1.54) is 28.8 Å². The molecule has 4 rings (SSSR count). The van der Waals surface area contributed by atoms with E-state index in [4.69, 9.17) is 0 Å². The Bertz CT molecular complexity index is 1460. The van der Waals surface area contributed by atoms with E-state index in [1.807, 2.05) is 4.72 Å². The summed E-state index contributed by atoms with van der Waals surface area (Å²) < 4.78 is 29.1. The van der Waals surface area contributed by atoms with Gasteiger partial charge in [-0.2, -0.15) is 0 Å². The molecule has 10 nitrogen and oxygen atoms in total. The van der Waals surface area contributed by atoms with E-state index in [1.54, 1.807) is 25.1 Å². The van der Waals surface area contributed by atoms with Gasteiger partial charge in [-0.1, -0.05) is 35.2 Å². The third-order valence-corrected chi connectivity index (χ3v) is 7.86. The number of urea groups is 1. The van der Waals surface area contributed by atoms with Crippen LogP contribution < -0.4 is 20.9 Å². The minimum Gasteiger partial charge on any atom is -0.335 e. The number of anilines is 1. The highest BCUT2D eigenvalue weighted by atomic mass is 79.9. The van der Waals surface area contributed by atoms with Gasteiger partial charge in [0.15, 0.2) is 0 Å². The van der Waals surface area contributed by atoms with Gasteiger partial charge in [-0.05, 0) is 62.2 Å². The van der Waals surface area contributed by atoms with Crippen LogP contribution in [-0.2, 0) is 21.4 Å². The quantitative estimate of drug-likeness (QED) is 0.411. The number of nitrogens with zero attached hydrogens (tertiary/aromatic N) is 2. The van der Waals surface area contributed by atoms with Crippen molar-refractivity contribution in [2.24, 2.45) is 0 Å². The Balaban J connectivity index is 1.40. The summed E-state index contributed by atoms with van der Waals surface area (Å²) in [5.41, 5.74) is 0.538. The Kier molecular flexibility index (Phi) is 7.74. The summed E-state index contributed by atoms with van der Waals surface area (Å²) in [6, 6.07) is 9.79. The molecule has 1 saturated carbocycles. The summed E-state index contributed by atoms with van der Waals surface area (Å²) in [6.07, 6.45) is 4.80. The highest BCUT2D eigenvalue weighted by Gasteiger charge is 2.21. The van der Waals surface area contributed by atoms with E-state index in [2.05, 4.69) is 31.5 Å². The molecule has 0 spiro atoms. The number of hydrogen-bond donors (Lipinski definition) is 3. The minimum atomic E-state index is -4.07. The lowest BCUT2D eigenvalue weighted by molar-refractivity contribution is -0.116. The second kappa shape index (κ2) is 10.8. The average Bonchev–Trinajstić information content (AvgIpc) is 2.83. The maximum atomic E-state index is 12.9. The van der Waals surface area contributed by atoms with Crippen LogP contribution in [0.5, 0.6) is 0 Å². The molecule has 0 bridgehead atoms. The Morgan fingerprint density at radius 2 is 1.78 bits per heavy atom. The van der Waals surface area contributed by atoms with Crippen molar-refractivity contribution in [2.75, 3.05) is 5.32 Å². The molecule has 1 heterocycles. The number of halogens is 1. The molecule has 1 aliphatic rings. The Morgan fingerprint density at radius 1 is 1.08 bits per heavy atom. The Morgan fingerprint density at radius 3 is 2.47 bits per heavy atom. The number of fused-ring (bicyclic) bond motifs is 1. The first-order valence-corrected chi connectivity index (χ1v) is 13.8. The molecule has 2 aromatic carbocycles. The molecule has 0 aliphatic heterocycles. The zero-order chi connectivity index (χ0) is 25.9. The summed E-state index contributed by atoms with van der Waals surface area (Å²) in [5, 5.41) is 5.74. The van der Waals surface area contributed by atoms with Crippen molar-refractivity contribution in [1.82, 2.24) is 19.6 Å². The molecule has 0 radical (unpaired) electrons. The van der Waals surface area contributed by atoms with Crippen molar-refractivity contribution in [3.05, 3.63) is 63.1 Å². The minimum absolute atomic E-state index is 0.0259. The maximum absolute atomic E-state index is 12.9. The highest BCUT2D eigenvalue weighted by Crippen LogP contribution is 2.18. The highest BCUT2D eigenvalue weighted by molar-refractivity contribution is 9.10. The van der Waals surface area contributed by atoms with Crippen molar-refractivity contribution in [3.63, 3.8) is 0 Å². The molecule has 36 heavy (non-hydrogen) atoms. The first-order chi connectivity index (χ1) is 17.1. The molecule has 12 heteroatoms. The van der Waals surface area contributed by atoms with Crippen molar-refractivity contribution >= 4 is 54.5 Å². The number of carbonyl (C=O) groups excluding carboxylic acids is 2. The summed E-state index contributed by atoms with van der Waals surface area (Å²) in [6.45, 7) is 1.39. The molecular formula is C24H26BrN5O5S. The first kappa shape index (κ1) is 25.8. The van der Waals surface area contributed by atoms with Crippen LogP contribution >= 0.6 is 15.9 Å². The number of benzene rings is 2. The van der Waals surface area contributed by atoms with Gasteiger partial charge in [-0.3, -0.25) is 14.2 Å². The zero-order valence-electron chi connectivity index (χ0n) is 19.6. The first-order valence-electron chi connectivity index (χ1n) is 11.5. The van der Waals surface area contributed by atoms with Gasteiger partial charge in [-0.15, -0.1) is 0 Å². The molecule has 0 unspecified atom stereocenters. The van der Waals surface area contributed by atoms with E-state index in [-0.39, 0.29) is 23.0 Å². The number of rotatable bonds is 6. The largest absolute Gasteiger partial charge is 0.335 e. The van der Waals surface area contributed by atoms with Crippen molar-refractivity contribution < 1.29 is 18.0 Å². The van der Waals surface area contributed by atoms with Crippen molar-refractivity contribution in [3.8, 4) is 0 Å². The maximum Gasteiger partial charge on any atom is 0.328 e. The third kappa shape index (κ3) is 6.11. The second-order valence-corrected chi connectivity index (χ2v) is 11.3. The zero-order valence-corrected chi connectivity index (χ0v) is 22.0. The SMILES string of the molecule is Cc1nc2ccc(Br)cc2c(=O)n1CC(=O)Nc1ccc(S(=O)(=O)NC(=O)NC2CCCCC2)cc1. The molecule has 1 aromatic heterocycles. The van der Waals surface area contributed by atoms with Crippen LogP contribution in [0.15, 0.2) is 56.6 Å². The smallest absolute Gasteiger partial charge is 0.328 e. The topological polar surface area (TPSA) is 139 Å². The molecule has 190 valence electrons. The van der Waals surface area contributed by atoms with Crippen LogP contribution in [0.25, 0.3) is 10.9 Å². The van der Waals surface area contributed by atoms with Gasteiger partial charge in [0, 0.05) is 16.2 Å². The third-order valence-electron chi connectivity index (χ3n) is 6.02. The van der Waals surface area contributed by atoms with Gasteiger partial charge < -0.3 is 10.6 Å². The van der Waals surface area contributed by atoms with Crippen LogP contribution in [0, 0.1) is 6.92 Å². The molecule has 3 amide bonds. The van der Waals surface area contributed by atoms with Crippen LogP contribution in [0.4, 0.5) is 10.5 Å². The van der Waals surface area contributed by atoms with E-state index in [0.29, 0.717) is 22.4 Å². The predicted octanol–water partition coefficient (Wildman–Crippen LogP) is 3.43. The van der Waals surface area contributed by atoms with Crippen LogP contribution in [0.3, 0.4) is 0 Å². The van der Waals surface area contributed by atoms with Gasteiger partial charge in [0.25, 0.3) is 15.6 Å². The van der Waals surface area contributed by atoms with Gasteiger partial charge in [-0.25, -0.2) is 22.9 Å². The van der Waals surface area contributed by atoms with Crippen LogP contribution in [0.2, 0.25) is 0 Å².